The van der Waals surface area contributed by atoms with Crippen molar-refractivity contribution in [3.8, 4) is 0 Å². The molecule has 0 spiro atoms. The quantitative estimate of drug-likeness (QED) is 0.798. The van der Waals surface area contributed by atoms with Crippen LogP contribution in [0.3, 0.4) is 0 Å². The molecule has 108 valence electrons. The van der Waals surface area contributed by atoms with E-state index in [1.165, 1.54) is 16.7 Å². The predicted molar refractivity (Wildman–Crippen MR) is 84.2 cm³/mol. The molecule has 4 heteroatoms. The first-order chi connectivity index (χ1) is 10.1. The number of rotatable bonds is 4. The molecule has 0 aliphatic carbocycles. The van der Waals surface area contributed by atoms with Crippen molar-refractivity contribution in [2.75, 3.05) is 0 Å². The van der Waals surface area contributed by atoms with E-state index in [2.05, 4.69) is 54.5 Å². The fourth-order valence-electron chi connectivity index (χ4n) is 2.55. The number of fused-ring (bicyclic) bond motifs is 1. The van der Waals surface area contributed by atoms with Crippen LogP contribution in [-0.2, 0) is 6.54 Å². The Balaban J connectivity index is 1.76. The predicted octanol–water partition coefficient (Wildman–Crippen LogP) is 3.20. The van der Waals surface area contributed by atoms with E-state index in [1.807, 2.05) is 28.8 Å². The summed E-state index contributed by atoms with van der Waals surface area (Å²) in [6, 6.07) is 12.6. The first-order valence-corrected chi connectivity index (χ1v) is 7.24. The van der Waals surface area contributed by atoms with Crippen LogP contribution in [0, 0.1) is 13.8 Å². The lowest BCUT2D eigenvalue weighted by atomic mass is 10.1. The monoisotopic (exact) mass is 280 g/mol. The number of nitrogens with zero attached hydrogens (tertiary/aromatic N) is 3. The van der Waals surface area contributed by atoms with Crippen LogP contribution in [0.2, 0.25) is 0 Å². The van der Waals surface area contributed by atoms with Gasteiger partial charge in [0.1, 0.15) is 0 Å². The van der Waals surface area contributed by atoms with E-state index < -0.39 is 0 Å². The lowest BCUT2D eigenvalue weighted by Crippen LogP contribution is -2.20. The molecule has 1 atom stereocenters. The van der Waals surface area contributed by atoms with Gasteiger partial charge < -0.3 is 5.32 Å². The lowest BCUT2D eigenvalue weighted by molar-refractivity contribution is 0.540. The van der Waals surface area contributed by atoms with Crippen molar-refractivity contribution >= 4 is 5.65 Å². The van der Waals surface area contributed by atoms with E-state index in [4.69, 9.17) is 0 Å². The summed E-state index contributed by atoms with van der Waals surface area (Å²) >= 11 is 0. The number of benzene rings is 1. The molecule has 2 aromatic heterocycles. The summed E-state index contributed by atoms with van der Waals surface area (Å²) in [7, 11) is 0. The van der Waals surface area contributed by atoms with Crippen LogP contribution in [0.4, 0.5) is 0 Å². The average molecular weight is 280 g/mol. The molecule has 0 unspecified atom stereocenters. The molecule has 0 amide bonds. The molecular weight excluding hydrogens is 260 g/mol. The second kappa shape index (κ2) is 5.66. The van der Waals surface area contributed by atoms with Crippen molar-refractivity contribution in [3.05, 3.63) is 65.1 Å². The summed E-state index contributed by atoms with van der Waals surface area (Å²) < 4.78 is 2.03. The van der Waals surface area contributed by atoms with Crippen molar-refractivity contribution < 1.29 is 0 Å². The van der Waals surface area contributed by atoms with Gasteiger partial charge in [-0.05, 0) is 44.0 Å². The molecule has 0 saturated carbocycles. The lowest BCUT2D eigenvalue weighted by Gasteiger charge is -2.14. The van der Waals surface area contributed by atoms with Crippen molar-refractivity contribution in [2.24, 2.45) is 0 Å². The highest BCUT2D eigenvalue weighted by molar-refractivity contribution is 5.37. The summed E-state index contributed by atoms with van der Waals surface area (Å²) in [5.74, 6) is 0.940. The van der Waals surface area contributed by atoms with Crippen molar-refractivity contribution in [2.45, 2.75) is 33.4 Å². The minimum atomic E-state index is 0.142. The zero-order valence-electron chi connectivity index (χ0n) is 12.7. The van der Waals surface area contributed by atoms with Crippen molar-refractivity contribution in [3.63, 3.8) is 0 Å². The molecule has 2 heterocycles. The summed E-state index contributed by atoms with van der Waals surface area (Å²) in [4.78, 5) is 0. The summed E-state index contributed by atoms with van der Waals surface area (Å²) in [5.41, 5.74) is 4.82. The third kappa shape index (κ3) is 2.81. The molecule has 0 aliphatic rings. The first kappa shape index (κ1) is 13.8. The zero-order valence-corrected chi connectivity index (χ0v) is 12.7. The third-order valence-corrected chi connectivity index (χ3v) is 3.82. The molecule has 0 fully saturated rings. The topological polar surface area (TPSA) is 42.2 Å². The van der Waals surface area contributed by atoms with Crippen LogP contribution in [-0.4, -0.2) is 14.6 Å². The second-order valence-electron chi connectivity index (χ2n) is 5.52. The van der Waals surface area contributed by atoms with Crippen LogP contribution < -0.4 is 5.32 Å². The smallest absolute Gasteiger partial charge is 0.160 e. The Hall–Kier alpha value is -2.20. The maximum Gasteiger partial charge on any atom is 0.160 e. The Labute approximate surface area is 124 Å². The van der Waals surface area contributed by atoms with Crippen LogP contribution in [0.15, 0.2) is 42.6 Å². The van der Waals surface area contributed by atoms with Gasteiger partial charge in [0.2, 0.25) is 0 Å². The van der Waals surface area contributed by atoms with Gasteiger partial charge in [-0.25, -0.2) is 0 Å². The van der Waals surface area contributed by atoms with E-state index >= 15 is 0 Å². The normalized spacial score (nSPS) is 12.7. The van der Waals surface area contributed by atoms with Crippen molar-refractivity contribution in [1.29, 1.82) is 0 Å². The van der Waals surface area contributed by atoms with Gasteiger partial charge in [0.05, 0.1) is 6.04 Å². The fourth-order valence-corrected chi connectivity index (χ4v) is 2.55. The highest BCUT2D eigenvalue weighted by Crippen LogP contribution is 2.15. The number of aromatic nitrogens is 3. The van der Waals surface area contributed by atoms with Gasteiger partial charge >= 0.3 is 0 Å². The Morgan fingerprint density at radius 1 is 1.14 bits per heavy atom. The molecule has 1 N–H and O–H groups in total. The molecule has 1 aromatic carbocycles. The Morgan fingerprint density at radius 2 is 2.00 bits per heavy atom. The molecule has 0 bridgehead atoms. The molecule has 0 aliphatic heterocycles. The first-order valence-electron chi connectivity index (χ1n) is 7.24. The van der Waals surface area contributed by atoms with Crippen molar-refractivity contribution in [1.82, 2.24) is 19.9 Å². The SMILES string of the molecule is Cc1ccc(CN[C@H](C)c2nnc3ccccn23)c(C)c1. The van der Waals surface area contributed by atoms with E-state index in [9.17, 15) is 0 Å². The highest BCUT2D eigenvalue weighted by atomic mass is 15.3. The highest BCUT2D eigenvalue weighted by Gasteiger charge is 2.12. The number of pyridine rings is 1. The minimum absolute atomic E-state index is 0.142. The van der Waals surface area contributed by atoms with E-state index in [-0.39, 0.29) is 6.04 Å². The Kier molecular flexibility index (Phi) is 3.71. The van der Waals surface area contributed by atoms with Gasteiger partial charge in [0.15, 0.2) is 11.5 Å². The largest absolute Gasteiger partial charge is 0.303 e. The number of hydrogen-bond donors (Lipinski definition) is 1. The van der Waals surface area contributed by atoms with E-state index in [1.54, 1.807) is 0 Å². The molecule has 3 aromatic rings. The minimum Gasteiger partial charge on any atom is -0.303 e. The summed E-state index contributed by atoms with van der Waals surface area (Å²) in [5, 5.41) is 12.0. The fraction of sp³-hybridized carbons (Fsp3) is 0.294. The van der Waals surface area contributed by atoms with Gasteiger partial charge in [-0.15, -0.1) is 10.2 Å². The van der Waals surface area contributed by atoms with Crippen LogP contribution in [0.25, 0.3) is 5.65 Å². The summed E-state index contributed by atoms with van der Waals surface area (Å²) in [6.07, 6.45) is 2.00. The Morgan fingerprint density at radius 3 is 2.81 bits per heavy atom. The molecular formula is C17H20N4. The van der Waals surface area contributed by atoms with Crippen LogP contribution in [0.1, 0.15) is 35.5 Å². The second-order valence-corrected chi connectivity index (χ2v) is 5.52. The maximum absolute atomic E-state index is 4.29. The van der Waals surface area contributed by atoms with Gasteiger partial charge in [-0.3, -0.25) is 4.40 Å². The van der Waals surface area contributed by atoms with Crippen LogP contribution in [0.5, 0.6) is 0 Å². The molecule has 3 rings (SSSR count). The number of nitrogens with one attached hydrogen (secondary N) is 1. The van der Waals surface area contributed by atoms with E-state index in [0.29, 0.717) is 0 Å². The third-order valence-electron chi connectivity index (χ3n) is 3.82. The molecule has 0 radical (unpaired) electrons. The maximum atomic E-state index is 4.29. The molecule has 0 saturated heterocycles. The number of hydrogen-bond acceptors (Lipinski definition) is 3. The zero-order chi connectivity index (χ0) is 14.8. The van der Waals surface area contributed by atoms with Gasteiger partial charge in [-0.1, -0.05) is 29.8 Å². The van der Waals surface area contributed by atoms with Gasteiger partial charge in [0.25, 0.3) is 0 Å². The standard InChI is InChI=1S/C17H20N4/c1-12-7-8-15(13(2)10-12)11-18-14(3)17-20-19-16-6-4-5-9-21(16)17/h4-10,14,18H,11H2,1-3H3/t14-/m1/s1. The van der Waals surface area contributed by atoms with E-state index in [0.717, 1.165) is 18.0 Å². The van der Waals surface area contributed by atoms with Gasteiger partial charge in [0, 0.05) is 12.7 Å². The van der Waals surface area contributed by atoms with Crippen LogP contribution >= 0.6 is 0 Å². The summed E-state index contributed by atoms with van der Waals surface area (Å²) in [6.45, 7) is 7.22. The Bertz CT molecular complexity index is 760. The van der Waals surface area contributed by atoms with Gasteiger partial charge in [-0.2, -0.15) is 0 Å². The number of aryl methyl sites for hydroxylation is 2. The molecule has 21 heavy (non-hydrogen) atoms. The molecule has 4 nitrogen and oxygen atoms in total. The average Bonchev–Trinajstić information content (AvgIpc) is 2.90.